The van der Waals surface area contributed by atoms with Crippen molar-refractivity contribution in [2.24, 2.45) is 0 Å². The number of hydrogen-bond acceptors (Lipinski definition) is 3. The Balaban J connectivity index is 2.23. The zero-order chi connectivity index (χ0) is 15.6. The quantitative estimate of drug-likeness (QED) is 0.800. The van der Waals surface area contributed by atoms with E-state index in [9.17, 15) is 13.2 Å². The lowest BCUT2D eigenvalue weighted by Gasteiger charge is -2.08. The van der Waals surface area contributed by atoms with Crippen molar-refractivity contribution in [2.45, 2.75) is 4.90 Å². The summed E-state index contributed by atoms with van der Waals surface area (Å²) in [4.78, 5) is 12.3. The van der Waals surface area contributed by atoms with Gasteiger partial charge in [-0.25, -0.2) is 8.42 Å². The maximum atomic E-state index is 12.1. The average Bonchev–Trinajstić information content (AvgIpc) is 2.42. The van der Waals surface area contributed by atoms with Gasteiger partial charge < -0.3 is 5.32 Å². The van der Waals surface area contributed by atoms with Gasteiger partial charge in [-0.05, 0) is 58.4 Å². The van der Waals surface area contributed by atoms with Gasteiger partial charge in [0.05, 0.1) is 10.6 Å². The Kier molecular flexibility index (Phi) is 4.85. The van der Waals surface area contributed by atoms with Crippen LogP contribution in [0.3, 0.4) is 0 Å². The molecule has 0 spiro atoms. The highest BCUT2D eigenvalue weighted by molar-refractivity contribution is 9.11. The lowest BCUT2D eigenvalue weighted by Crippen LogP contribution is -2.12. The number of hydrogen-bond donors (Lipinski definition) is 1. The van der Waals surface area contributed by atoms with Gasteiger partial charge in [0.1, 0.15) is 0 Å². The van der Waals surface area contributed by atoms with Gasteiger partial charge in [0.25, 0.3) is 5.91 Å². The standard InChI is InChI=1S/C14H11Br2NO3S/c1-21(19,20)11-5-2-9(3-6-11)14(18)17-13-8-10(15)4-7-12(13)16/h2-8H,1H3,(H,17,18). The van der Waals surface area contributed by atoms with E-state index in [0.29, 0.717) is 11.3 Å². The van der Waals surface area contributed by atoms with Crippen LogP contribution in [0.25, 0.3) is 0 Å². The number of rotatable bonds is 3. The van der Waals surface area contributed by atoms with Crippen LogP contribution in [0, 0.1) is 0 Å². The number of nitrogens with one attached hydrogen (secondary N) is 1. The van der Waals surface area contributed by atoms with E-state index in [1.165, 1.54) is 24.3 Å². The van der Waals surface area contributed by atoms with E-state index < -0.39 is 9.84 Å². The maximum absolute atomic E-state index is 12.1. The molecule has 0 aliphatic rings. The van der Waals surface area contributed by atoms with Crippen LogP contribution in [0.15, 0.2) is 56.3 Å². The van der Waals surface area contributed by atoms with E-state index in [1.54, 1.807) is 6.07 Å². The number of amides is 1. The van der Waals surface area contributed by atoms with Crippen LogP contribution in [-0.2, 0) is 9.84 Å². The van der Waals surface area contributed by atoms with Crippen molar-refractivity contribution in [2.75, 3.05) is 11.6 Å². The van der Waals surface area contributed by atoms with Gasteiger partial charge in [-0.3, -0.25) is 4.79 Å². The third kappa shape index (κ3) is 4.15. The number of anilines is 1. The van der Waals surface area contributed by atoms with Crippen LogP contribution in [0.1, 0.15) is 10.4 Å². The van der Waals surface area contributed by atoms with E-state index in [0.717, 1.165) is 15.2 Å². The highest BCUT2D eigenvalue weighted by Crippen LogP contribution is 2.26. The molecule has 0 bridgehead atoms. The molecule has 0 saturated heterocycles. The second-order valence-corrected chi connectivity index (χ2v) is 8.16. The van der Waals surface area contributed by atoms with Gasteiger partial charge in [0.15, 0.2) is 9.84 Å². The largest absolute Gasteiger partial charge is 0.321 e. The summed E-state index contributed by atoms with van der Waals surface area (Å²) in [5.74, 6) is -0.311. The summed E-state index contributed by atoms with van der Waals surface area (Å²) in [6.07, 6.45) is 1.13. The van der Waals surface area contributed by atoms with Crippen LogP contribution < -0.4 is 5.32 Å². The first-order valence-corrected chi connectivity index (χ1v) is 9.31. The lowest BCUT2D eigenvalue weighted by atomic mass is 10.2. The molecule has 0 unspecified atom stereocenters. The minimum Gasteiger partial charge on any atom is -0.321 e. The predicted molar refractivity (Wildman–Crippen MR) is 89.3 cm³/mol. The minimum atomic E-state index is -3.26. The zero-order valence-corrected chi connectivity index (χ0v) is 14.9. The molecule has 21 heavy (non-hydrogen) atoms. The first kappa shape index (κ1) is 16.2. The van der Waals surface area contributed by atoms with Crippen LogP contribution in [0.2, 0.25) is 0 Å². The number of halogens is 2. The molecular weight excluding hydrogens is 422 g/mol. The summed E-state index contributed by atoms with van der Waals surface area (Å²) in [6, 6.07) is 11.2. The molecule has 0 atom stereocenters. The van der Waals surface area contributed by atoms with Gasteiger partial charge in [0.2, 0.25) is 0 Å². The molecule has 2 rings (SSSR count). The Morgan fingerprint density at radius 2 is 1.67 bits per heavy atom. The Bertz CT molecular complexity index is 786. The second-order valence-electron chi connectivity index (χ2n) is 4.37. The fourth-order valence-corrected chi connectivity index (χ4v) is 2.98. The maximum Gasteiger partial charge on any atom is 0.255 e. The normalized spacial score (nSPS) is 11.2. The van der Waals surface area contributed by atoms with E-state index >= 15 is 0 Å². The lowest BCUT2D eigenvalue weighted by molar-refractivity contribution is 0.102. The number of carbonyl (C=O) groups excluding carboxylic acids is 1. The van der Waals surface area contributed by atoms with E-state index in [4.69, 9.17) is 0 Å². The third-order valence-corrected chi connectivity index (χ3v) is 5.03. The molecule has 0 aliphatic heterocycles. The number of benzene rings is 2. The van der Waals surface area contributed by atoms with E-state index in [1.807, 2.05) is 12.1 Å². The summed E-state index contributed by atoms with van der Waals surface area (Å²) < 4.78 is 24.3. The van der Waals surface area contributed by atoms with Gasteiger partial charge in [-0.2, -0.15) is 0 Å². The Morgan fingerprint density at radius 1 is 1.05 bits per heavy atom. The van der Waals surface area contributed by atoms with Crippen molar-refractivity contribution in [3.8, 4) is 0 Å². The first-order valence-electron chi connectivity index (χ1n) is 5.84. The molecule has 4 nitrogen and oxygen atoms in total. The number of carbonyl (C=O) groups is 1. The molecule has 0 aliphatic carbocycles. The molecule has 0 radical (unpaired) electrons. The monoisotopic (exact) mass is 431 g/mol. The van der Waals surface area contributed by atoms with Crippen molar-refractivity contribution in [1.29, 1.82) is 0 Å². The molecule has 0 fully saturated rings. The Morgan fingerprint density at radius 3 is 2.24 bits per heavy atom. The van der Waals surface area contributed by atoms with Crippen molar-refractivity contribution < 1.29 is 13.2 Å². The molecule has 0 saturated carbocycles. The third-order valence-electron chi connectivity index (χ3n) is 2.72. The Labute approximate surface area is 139 Å². The van der Waals surface area contributed by atoms with Crippen LogP contribution >= 0.6 is 31.9 Å². The minimum absolute atomic E-state index is 0.183. The van der Waals surface area contributed by atoms with Crippen molar-refractivity contribution in [3.05, 3.63) is 57.0 Å². The Hall–Kier alpha value is -1.18. The zero-order valence-electron chi connectivity index (χ0n) is 10.9. The molecule has 7 heteroatoms. The SMILES string of the molecule is CS(=O)(=O)c1ccc(C(=O)Nc2cc(Br)ccc2Br)cc1. The van der Waals surface area contributed by atoms with Crippen LogP contribution in [0.4, 0.5) is 5.69 Å². The molecular formula is C14H11Br2NO3S. The summed E-state index contributed by atoms with van der Waals surface area (Å²) in [6.45, 7) is 0. The van der Waals surface area contributed by atoms with Gasteiger partial charge in [-0.15, -0.1) is 0 Å². The summed E-state index contributed by atoms with van der Waals surface area (Å²) >= 11 is 6.69. The summed E-state index contributed by atoms with van der Waals surface area (Å²) in [7, 11) is -3.26. The van der Waals surface area contributed by atoms with E-state index in [2.05, 4.69) is 37.2 Å². The van der Waals surface area contributed by atoms with Gasteiger partial charge in [-0.1, -0.05) is 15.9 Å². The smallest absolute Gasteiger partial charge is 0.255 e. The molecule has 2 aromatic rings. The van der Waals surface area contributed by atoms with Gasteiger partial charge >= 0.3 is 0 Å². The average molecular weight is 433 g/mol. The molecule has 0 heterocycles. The molecule has 0 aromatic heterocycles. The highest BCUT2D eigenvalue weighted by Gasteiger charge is 2.11. The van der Waals surface area contributed by atoms with E-state index in [-0.39, 0.29) is 10.8 Å². The second kappa shape index (κ2) is 6.29. The first-order chi connectivity index (χ1) is 9.77. The molecule has 1 N–H and O–H groups in total. The van der Waals surface area contributed by atoms with Gasteiger partial charge in [0, 0.05) is 20.8 Å². The summed E-state index contributed by atoms with van der Waals surface area (Å²) in [5.41, 5.74) is 1.01. The van der Waals surface area contributed by atoms with Crippen LogP contribution in [0.5, 0.6) is 0 Å². The predicted octanol–water partition coefficient (Wildman–Crippen LogP) is 3.87. The molecule has 110 valence electrons. The fourth-order valence-electron chi connectivity index (χ4n) is 1.64. The highest BCUT2D eigenvalue weighted by atomic mass is 79.9. The van der Waals surface area contributed by atoms with Crippen molar-refractivity contribution in [3.63, 3.8) is 0 Å². The topological polar surface area (TPSA) is 63.2 Å². The van der Waals surface area contributed by atoms with Crippen LogP contribution in [-0.4, -0.2) is 20.6 Å². The summed E-state index contributed by atoms with van der Waals surface area (Å²) in [5, 5.41) is 2.76. The van der Waals surface area contributed by atoms with Crippen molar-refractivity contribution in [1.82, 2.24) is 0 Å². The molecule has 2 aromatic carbocycles. The molecule has 1 amide bonds. The number of sulfone groups is 1. The fraction of sp³-hybridized carbons (Fsp3) is 0.0714. The van der Waals surface area contributed by atoms with Crippen molar-refractivity contribution >= 4 is 53.3 Å².